The first-order valence-electron chi connectivity index (χ1n) is 24.6. The molecule has 0 amide bonds. The number of para-hydroxylation sites is 2. The molecule has 1 aliphatic carbocycles. The number of carboxylic acid groups (broad SMARTS) is 2. The van der Waals surface area contributed by atoms with Gasteiger partial charge in [0.2, 0.25) is 11.6 Å². The van der Waals surface area contributed by atoms with Gasteiger partial charge in [0, 0.05) is 76.1 Å². The van der Waals surface area contributed by atoms with Gasteiger partial charge in [-0.15, -0.1) is 0 Å². The molecule has 1 aromatic heterocycles. The maximum absolute atomic E-state index is 12.1. The molecule has 11 nitrogen and oxygen atoms in total. The lowest BCUT2D eigenvalue weighted by Crippen LogP contribution is -2.21. The van der Waals surface area contributed by atoms with Crippen molar-refractivity contribution in [2.75, 3.05) is 5.73 Å². The number of anilines is 1. The van der Waals surface area contributed by atoms with E-state index in [0.717, 1.165) is 99.3 Å². The summed E-state index contributed by atoms with van der Waals surface area (Å²) in [4.78, 5) is 57.9. The summed E-state index contributed by atoms with van der Waals surface area (Å²) >= 11 is 14.0. The number of aliphatic carboxylic acids is 2. The lowest BCUT2D eigenvalue weighted by atomic mass is 9.84. The van der Waals surface area contributed by atoms with E-state index in [0.29, 0.717) is 11.1 Å². The summed E-state index contributed by atoms with van der Waals surface area (Å²) in [6.45, 7) is 2.17. The minimum atomic E-state index is -0.833. The van der Waals surface area contributed by atoms with Crippen molar-refractivity contribution >= 4 is 153 Å². The summed E-state index contributed by atoms with van der Waals surface area (Å²) in [6.07, 6.45) is 0.867. The number of aromatic nitrogens is 2. The average molecular weight is 1330 g/mol. The quantitative estimate of drug-likeness (QED) is 0.0570. The molecule has 12 aromatic rings. The number of hydrogen-bond donors (Lipinski definition) is 4. The highest BCUT2D eigenvalue weighted by molar-refractivity contribution is 9.11. The average Bonchev–Trinajstić information content (AvgIpc) is 4.02. The first-order chi connectivity index (χ1) is 38.5. The van der Waals surface area contributed by atoms with Crippen molar-refractivity contribution in [3.05, 3.63) is 253 Å². The summed E-state index contributed by atoms with van der Waals surface area (Å²) in [7, 11) is 0. The molecule has 1 heterocycles. The molecular weight excluding hydrogens is 1280 g/mol. The Balaban J connectivity index is 0.000000171. The van der Waals surface area contributed by atoms with Gasteiger partial charge in [-0.1, -0.05) is 197 Å². The number of benzene rings is 11. The Hall–Kier alpha value is -8.44. The zero-order valence-corrected chi connectivity index (χ0v) is 49.8. The van der Waals surface area contributed by atoms with Gasteiger partial charge < -0.3 is 22.1 Å². The van der Waals surface area contributed by atoms with E-state index in [9.17, 15) is 14.4 Å². The van der Waals surface area contributed by atoms with E-state index >= 15 is 0 Å². The van der Waals surface area contributed by atoms with Gasteiger partial charge >= 0.3 is 0 Å². The number of Topliss-reactive ketones (excluding diaryl/α,β-unsaturated/α-hetero) is 2. The van der Waals surface area contributed by atoms with E-state index in [1.807, 2.05) is 97.1 Å². The maximum Gasteiger partial charge on any atom is 0.300 e. The van der Waals surface area contributed by atoms with Crippen molar-refractivity contribution in [1.82, 2.24) is 15.7 Å². The molecule has 7 N–H and O–H groups in total. The van der Waals surface area contributed by atoms with E-state index in [-0.39, 0.29) is 6.15 Å². The summed E-state index contributed by atoms with van der Waals surface area (Å²) in [5.41, 5.74) is 13.8. The van der Waals surface area contributed by atoms with Crippen molar-refractivity contribution in [1.29, 1.82) is 0 Å². The number of nitrogens with zero attached hydrogens (tertiary/aromatic N) is 2. The normalized spacial score (nSPS) is 10.8. The highest BCUT2D eigenvalue weighted by atomic mass is 79.9. The van der Waals surface area contributed by atoms with E-state index in [4.69, 9.17) is 30.5 Å². The van der Waals surface area contributed by atoms with Crippen LogP contribution in [0.2, 0.25) is 0 Å². The molecular formula is C66H50Br4N4O7. The molecule has 13 rings (SSSR count). The molecule has 11 aromatic carbocycles. The monoisotopic (exact) mass is 1330 g/mol. The van der Waals surface area contributed by atoms with Crippen LogP contribution in [0.3, 0.4) is 0 Å². The number of ketones is 2. The fraction of sp³-hybridized carbons (Fsp3) is 0.0303. The number of imidazole rings is 1. The van der Waals surface area contributed by atoms with Crippen LogP contribution in [0.15, 0.2) is 236 Å². The van der Waals surface area contributed by atoms with Crippen molar-refractivity contribution in [3.8, 4) is 28.2 Å². The van der Waals surface area contributed by atoms with Gasteiger partial charge in [0.25, 0.3) is 11.9 Å². The van der Waals surface area contributed by atoms with Crippen molar-refractivity contribution in [2.45, 2.75) is 13.8 Å². The summed E-state index contributed by atoms with van der Waals surface area (Å²) < 4.78 is 6.00. The molecule has 0 radical (unpaired) electrons. The zero-order valence-electron chi connectivity index (χ0n) is 43.5. The number of carboxylic acids is 2. The van der Waals surface area contributed by atoms with Gasteiger partial charge in [0.05, 0.1) is 11.0 Å². The lowest BCUT2D eigenvalue weighted by Gasteiger charge is -2.18. The van der Waals surface area contributed by atoms with Crippen molar-refractivity contribution < 1.29 is 34.2 Å². The van der Waals surface area contributed by atoms with Gasteiger partial charge in [-0.3, -0.25) is 28.5 Å². The number of nitrogen functional groups attached to an aromatic ring is 1. The summed E-state index contributed by atoms with van der Waals surface area (Å²) in [6, 6.07) is 72.6. The van der Waals surface area contributed by atoms with Gasteiger partial charge in [0.1, 0.15) is 12.1 Å². The van der Waals surface area contributed by atoms with Crippen LogP contribution in [0.5, 0.6) is 0 Å². The van der Waals surface area contributed by atoms with Crippen LogP contribution in [0, 0.1) is 0 Å². The predicted molar refractivity (Wildman–Crippen MR) is 342 cm³/mol. The van der Waals surface area contributed by atoms with E-state index in [1.54, 1.807) is 12.1 Å². The number of carbonyl (C=O) groups excluding carboxylic acids is 3. The highest BCUT2D eigenvalue weighted by Crippen LogP contribution is 2.42. The van der Waals surface area contributed by atoms with E-state index in [2.05, 4.69) is 177 Å². The minimum Gasteiger partial charge on any atom is -0.481 e. The number of nitrogens with two attached hydrogens (primary N) is 1. The van der Waals surface area contributed by atoms with Crippen LogP contribution in [0.1, 0.15) is 44.9 Å². The Morgan fingerprint density at radius 2 is 0.889 bits per heavy atom. The topological polar surface area (TPSA) is 205 Å². The van der Waals surface area contributed by atoms with Crippen LogP contribution in [0.4, 0.5) is 5.69 Å². The molecule has 1 aliphatic rings. The number of carbonyl (C=O) groups is 5. The Labute approximate surface area is 500 Å². The molecule has 404 valence electrons. The smallest absolute Gasteiger partial charge is 0.300 e. The molecule has 0 unspecified atom stereocenters. The first kappa shape index (κ1) is 60.2. The molecule has 0 saturated carbocycles. The molecule has 0 spiro atoms. The third-order valence-electron chi connectivity index (χ3n) is 12.3. The molecule has 0 fully saturated rings. The second-order valence-corrected chi connectivity index (χ2v) is 21.6. The Kier molecular flexibility index (Phi) is 20.5. The van der Waals surface area contributed by atoms with Crippen molar-refractivity contribution in [3.63, 3.8) is 0 Å². The molecule has 0 bridgehead atoms. The van der Waals surface area contributed by atoms with Gasteiger partial charge in [0.15, 0.2) is 0 Å². The first-order valence-corrected chi connectivity index (χ1v) is 27.8. The van der Waals surface area contributed by atoms with Crippen LogP contribution in [0.25, 0.3) is 82.3 Å². The maximum atomic E-state index is 12.1. The molecule has 81 heavy (non-hydrogen) atoms. The van der Waals surface area contributed by atoms with Gasteiger partial charge in [-0.05, 0) is 128 Å². The standard InChI is InChI=1S/C31H18Br2N2.C14H6Br2O2.C11H8O.C6H7N.2C2H4O2.H3N/c32-22-12-14-25-26-15-13-23(33)18-28(26)30-29(27(25)17-22)34-31(35(30)24-8-2-1-3-9-24)21-11-10-19-6-4-5-7-20(19)16-21;15-7-1-3-9-10-4-2-8(16)6-12(10)14(18)13(17)11(9)5-7;12-8-9-5-6-10-3-1-2-4-11(10)7-9;7-6-4-2-1-3-5-6;2*1-2(3)4;/h1-18H;1-6H;1-8H;1-5H,7H2;2*1H3,(H,3,4);1H3. The van der Waals surface area contributed by atoms with Crippen molar-refractivity contribution in [2.24, 2.45) is 0 Å². The lowest BCUT2D eigenvalue weighted by molar-refractivity contribution is -0.135. The Morgan fingerprint density at radius 1 is 0.469 bits per heavy atom. The Morgan fingerprint density at radius 3 is 1.38 bits per heavy atom. The van der Waals surface area contributed by atoms with Crippen LogP contribution in [-0.4, -0.2) is 49.6 Å². The fourth-order valence-electron chi connectivity index (χ4n) is 8.96. The fourth-order valence-corrected chi connectivity index (χ4v) is 10.4. The molecule has 15 heteroatoms. The second-order valence-electron chi connectivity index (χ2n) is 18.0. The van der Waals surface area contributed by atoms with Gasteiger partial charge in [-0.2, -0.15) is 0 Å². The van der Waals surface area contributed by atoms with E-state index in [1.165, 1.54) is 32.3 Å². The number of rotatable bonds is 3. The summed E-state index contributed by atoms with van der Waals surface area (Å²) in [5, 5.41) is 24.3. The molecule has 0 saturated heterocycles. The third-order valence-corrected chi connectivity index (χ3v) is 14.3. The minimum absolute atomic E-state index is 0. The Bertz CT molecular complexity index is 4220. The number of fused-ring (bicyclic) bond motifs is 11. The number of hydrogen-bond acceptors (Lipinski definition) is 8. The van der Waals surface area contributed by atoms with Crippen LogP contribution >= 0.6 is 63.7 Å². The molecule has 0 aliphatic heterocycles. The number of halogens is 4. The number of aldehydes is 1. The second kappa shape index (κ2) is 27.6. The van der Waals surface area contributed by atoms with E-state index < -0.39 is 23.5 Å². The van der Waals surface area contributed by atoms with Crippen LogP contribution < -0.4 is 11.9 Å². The third kappa shape index (κ3) is 14.7. The summed E-state index contributed by atoms with van der Waals surface area (Å²) in [5.74, 6) is -1.63. The zero-order chi connectivity index (χ0) is 57.0. The SMILES string of the molecule is Brc1ccc2c3ccc(Br)cc3c3c(nc(-c4ccc5ccccc5c4)n3-c3ccccc3)c2c1.CC(=O)O.CC(=O)O.N.Nc1ccccc1.O=C1C(=O)c2cc(Br)ccc2-c2ccc(Br)cc21.O=Cc1ccc2ccccc2c1. The molecule has 0 atom stereocenters. The highest BCUT2D eigenvalue weighted by Gasteiger charge is 2.30. The largest absolute Gasteiger partial charge is 0.481 e. The van der Waals surface area contributed by atoms with Crippen LogP contribution in [-0.2, 0) is 9.59 Å². The predicted octanol–water partition coefficient (Wildman–Crippen LogP) is 18.2. The van der Waals surface area contributed by atoms with Gasteiger partial charge in [-0.25, -0.2) is 4.98 Å².